The van der Waals surface area contributed by atoms with Gasteiger partial charge in [0.25, 0.3) is 0 Å². The van der Waals surface area contributed by atoms with E-state index in [2.05, 4.69) is 15.9 Å². The molecular formula is C13H10BrCl2NO. The van der Waals surface area contributed by atoms with Crippen LogP contribution in [0.15, 0.2) is 34.8 Å². The summed E-state index contributed by atoms with van der Waals surface area (Å²) in [6, 6.07) is 8.91. The molecule has 0 radical (unpaired) electrons. The Balaban J connectivity index is 2.40. The first-order valence-corrected chi connectivity index (χ1v) is 6.71. The van der Waals surface area contributed by atoms with Gasteiger partial charge in [-0.25, -0.2) is 0 Å². The number of aryl methyl sites for hydroxylation is 1. The maximum absolute atomic E-state index is 6.07. The van der Waals surface area contributed by atoms with Gasteiger partial charge in [0.05, 0.1) is 10.0 Å². The van der Waals surface area contributed by atoms with E-state index in [9.17, 15) is 0 Å². The second kappa shape index (κ2) is 5.39. The average Bonchev–Trinajstić information content (AvgIpc) is 2.25. The number of benzene rings is 2. The first-order chi connectivity index (χ1) is 8.47. The maximum Gasteiger partial charge on any atom is 0.164 e. The highest BCUT2D eigenvalue weighted by atomic mass is 79.9. The second-order valence-electron chi connectivity index (χ2n) is 3.83. The van der Waals surface area contributed by atoms with Gasteiger partial charge in [0.15, 0.2) is 5.75 Å². The van der Waals surface area contributed by atoms with E-state index < -0.39 is 0 Å². The lowest BCUT2D eigenvalue weighted by Crippen LogP contribution is -1.92. The number of ether oxygens (including phenoxy) is 1. The van der Waals surface area contributed by atoms with E-state index in [4.69, 9.17) is 33.7 Å². The molecule has 2 aromatic carbocycles. The molecule has 0 fully saturated rings. The van der Waals surface area contributed by atoms with Gasteiger partial charge >= 0.3 is 0 Å². The Morgan fingerprint density at radius 1 is 1.11 bits per heavy atom. The minimum absolute atomic E-state index is 0.391. The maximum atomic E-state index is 6.07. The van der Waals surface area contributed by atoms with Gasteiger partial charge in [-0.2, -0.15) is 0 Å². The molecule has 0 heterocycles. The van der Waals surface area contributed by atoms with Crippen LogP contribution in [0.5, 0.6) is 11.5 Å². The molecule has 2 nitrogen and oxygen atoms in total. The van der Waals surface area contributed by atoms with Gasteiger partial charge in [-0.3, -0.25) is 0 Å². The molecule has 0 saturated carbocycles. The second-order valence-corrected chi connectivity index (χ2v) is 5.56. The smallest absolute Gasteiger partial charge is 0.164 e. The largest absolute Gasteiger partial charge is 0.454 e. The van der Waals surface area contributed by atoms with E-state index in [-0.39, 0.29) is 0 Å². The van der Waals surface area contributed by atoms with Gasteiger partial charge in [-0.1, -0.05) is 39.1 Å². The Bertz CT molecular complexity index is 579. The lowest BCUT2D eigenvalue weighted by Gasteiger charge is -2.12. The lowest BCUT2D eigenvalue weighted by molar-refractivity contribution is 0.479. The molecule has 0 aromatic heterocycles. The summed E-state index contributed by atoms with van der Waals surface area (Å²) < 4.78 is 6.73. The molecule has 0 aliphatic rings. The van der Waals surface area contributed by atoms with Gasteiger partial charge in [-0.15, -0.1) is 0 Å². The van der Waals surface area contributed by atoms with Crippen molar-refractivity contribution in [3.8, 4) is 11.5 Å². The molecule has 0 bridgehead atoms. The Labute approximate surface area is 124 Å². The van der Waals surface area contributed by atoms with Crippen molar-refractivity contribution >= 4 is 44.8 Å². The van der Waals surface area contributed by atoms with Crippen molar-refractivity contribution in [2.45, 2.75) is 6.92 Å². The highest BCUT2D eigenvalue weighted by molar-refractivity contribution is 9.10. The molecule has 2 rings (SSSR count). The van der Waals surface area contributed by atoms with E-state index >= 15 is 0 Å². The van der Waals surface area contributed by atoms with Crippen LogP contribution in [-0.4, -0.2) is 0 Å². The normalized spacial score (nSPS) is 10.4. The van der Waals surface area contributed by atoms with Crippen LogP contribution in [0.1, 0.15) is 5.56 Å². The molecule has 94 valence electrons. The van der Waals surface area contributed by atoms with Gasteiger partial charge < -0.3 is 10.5 Å². The molecule has 0 aliphatic heterocycles. The summed E-state index contributed by atoms with van der Waals surface area (Å²) in [5.41, 5.74) is 7.13. The minimum Gasteiger partial charge on any atom is -0.454 e. The summed E-state index contributed by atoms with van der Waals surface area (Å²) in [6.45, 7) is 1.94. The zero-order valence-corrected chi connectivity index (χ0v) is 12.6. The monoisotopic (exact) mass is 345 g/mol. The summed E-state index contributed by atoms with van der Waals surface area (Å²) in [6.07, 6.45) is 0. The number of hydrogen-bond donors (Lipinski definition) is 1. The zero-order chi connectivity index (χ0) is 13.3. The fraction of sp³-hybridized carbons (Fsp3) is 0.0769. The molecule has 0 aliphatic carbocycles. The first-order valence-electron chi connectivity index (χ1n) is 5.16. The van der Waals surface area contributed by atoms with Crippen LogP contribution in [0.2, 0.25) is 10.0 Å². The molecule has 18 heavy (non-hydrogen) atoms. The van der Waals surface area contributed by atoms with Crippen molar-refractivity contribution in [3.63, 3.8) is 0 Å². The minimum atomic E-state index is 0.391. The zero-order valence-electron chi connectivity index (χ0n) is 9.51. The number of nitrogen functional groups attached to an aromatic ring is 1. The van der Waals surface area contributed by atoms with Crippen LogP contribution in [-0.2, 0) is 0 Å². The topological polar surface area (TPSA) is 35.2 Å². The van der Waals surface area contributed by atoms with Crippen molar-refractivity contribution in [3.05, 3.63) is 50.4 Å². The number of halogens is 3. The van der Waals surface area contributed by atoms with Crippen LogP contribution < -0.4 is 10.5 Å². The van der Waals surface area contributed by atoms with E-state index in [1.165, 1.54) is 0 Å². The van der Waals surface area contributed by atoms with Gasteiger partial charge in [-0.05, 0) is 42.8 Å². The van der Waals surface area contributed by atoms with Crippen LogP contribution in [0, 0.1) is 6.92 Å². The van der Waals surface area contributed by atoms with Crippen molar-refractivity contribution in [2.24, 2.45) is 0 Å². The SMILES string of the molecule is Cc1cc(Br)ccc1Oc1c(Cl)cc(N)cc1Cl. The Kier molecular flexibility index (Phi) is 4.05. The third kappa shape index (κ3) is 2.91. The van der Waals surface area contributed by atoms with E-state index in [1.807, 2.05) is 25.1 Å². The molecule has 0 amide bonds. The Morgan fingerprint density at radius 2 is 1.72 bits per heavy atom. The van der Waals surface area contributed by atoms with E-state index in [0.29, 0.717) is 27.2 Å². The molecule has 5 heteroatoms. The molecule has 0 atom stereocenters. The van der Waals surface area contributed by atoms with E-state index in [0.717, 1.165) is 10.0 Å². The number of anilines is 1. The highest BCUT2D eigenvalue weighted by Crippen LogP contribution is 2.39. The molecule has 0 saturated heterocycles. The van der Waals surface area contributed by atoms with Crippen LogP contribution in [0.4, 0.5) is 5.69 Å². The third-order valence-corrected chi connectivity index (χ3v) is 3.42. The van der Waals surface area contributed by atoms with Gasteiger partial charge in [0.2, 0.25) is 0 Å². The lowest BCUT2D eigenvalue weighted by atomic mass is 10.2. The van der Waals surface area contributed by atoms with Crippen LogP contribution in [0.25, 0.3) is 0 Å². The summed E-state index contributed by atoms with van der Waals surface area (Å²) in [4.78, 5) is 0. The standard InChI is InChI=1S/C13H10BrCl2NO/c1-7-4-8(14)2-3-12(7)18-13-10(15)5-9(17)6-11(13)16/h2-6H,17H2,1H3. The summed E-state index contributed by atoms with van der Waals surface area (Å²) >= 11 is 15.5. The molecule has 2 N–H and O–H groups in total. The predicted molar refractivity (Wildman–Crippen MR) is 79.8 cm³/mol. The Hall–Kier alpha value is -0.900. The molecule has 0 unspecified atom stereocenters. The van der Waals surface area contributed by atoms with Crippen molar-refractivity contribution in [2.75, 3.05) is 5.73 Å². The quantitative estimate of drug-likeness (QED) is 0.735. The number of rotatable bonds is 2. The Morgan fingerprint density at radius 3 is 2.28 bits per heavy atom. The fourth-order valence-corrected chi connectivity index (χ4v) is 2.57. The average molecular weight is 347 g/mol. The van der Waals surface area contributed by atoms with Crippen LogP contribution in [0.3, 0.4) is 0 Å². The summed E-state index contributed by atoms with van der Waals surface area (Å²) in [7, 11) is 0. The third-order valence-electron chi connectivity index (χ3n) is 2.37. The van der Waals surface area contributed by atoms with Gasteiger partial charge in [0, 0.05) is 10.2 Å². The van der Waals surface area contributed by atoms with Crippen molar-refractivity contribution in [1.82, 2.24) is 0 Å². The molecule has 2 aromatic rings. The van der Waals surface area contributed by atoms with Crippen LogP contribution >= 0.6 is 39.1 Å². The summed E-state index contributed by atoms with van der Waals surface area (Å²) in [5.74, 6) is 1.12. The van der Waals surface area contributed by atoms with Crippen molar-refractivity contribution < 1.29 is 4.74 Å². The van der Waals surface area contributed by atoms with E-state index in [1.54, 1.807) is 12.1 Å². The summed E-state index contributed by atoms with van der Waals surface area (Å²) in [5, 5.41) is 0.782. The molecular weight excluding hydrogens is 337 g/mol. The predicted octanol–water partition coefficient (Wildman–Crippen LogP) is 5.44. The highest BCUT2D eigenvalue weighted by Gasteiger charge is 2.11. The molecule has 0 spiro atoms. The number of nitrogens with two attached hydrogens (primary N) is 1. The number of hydrogen-bond acceptors (Lipinski definition) is 2. The fourth-order valence-electron chi connectivity index (χ4n) is 1.51. The van der Waals surface area contributed by atoms with Crippen molar-refractivity contribution in [1.29, 1.82) is 0 Å². The first kappa shape index (κ1) is 13.5. The van der Waals surface area contributed by atoms with Gasteiger partial charge in [0.1, 0.15) is 5.75 Å².